The van der Waals surface area contributed by atoms with E-state index >= 15 is 0 Å². The van der Waals surface area contributed by atoms with E-state index in [1.165, 1.54) is 6.08 Å². The Kier molecular flexibility index (Phi) is 5.38. The number of aliphatic hydroxyl groups excluding tert-OH is 4. The third-order valence-electron chi connectivity index (χ3n) is 5.43. The number of ether oxygens (including phenoxy) is 3. The van der Waals surface area contributed by atoms with Crippen molar-refractivity contribution >= 4 is 5.97 Å². The number of cyclic esters (lactones) is 1. The number of carbonyl (C=O) groups is 1. The molecular formula is C17H24O9. The Morgan fingerprint density at radius 2 is 1.88 bits per heavy atom. The van der Waals surface area contributed by atoms with Gasteiger partial charge in [-0.1, -0.05) is 6.08 Å². The molecule has 0 aliphatic carbocycles. The van der Waals surface area contributed by atoms with Crippen molar-refractivity contribution in [3.05, 3.63) is 24.5 Å². The van der Waals surface area contributed by atoms with E-state index in [4.69, 9.17) is 14.2 Å². The monoisotopic (exact) mass is 372 g/mol. The van der Waals surface area contributed by atoms with E-state index in [-0.39, 0.29) is 25.0 Å². The van der Waals surface area contributed by atoms with Crippen molar-refractivity contribution in [1.29, 1.82) is 0 Å². The van der Waals surface area contributed by atoms with Crippen LogP contribution in [0.5, 0.6) is 0 Å². The minimum absolute atomic E-state index is 0.0127. The number of rotatable bonds is 4. The molecular weight excluding hydrogens is 348 g/mol. The van der Waals surface area contributed by atoms with Gasteiger partial charge in [0.25, 0.3) is 0 Å². The zero-order valence-corrected chi connectivity index (χ0v) is 14.1. The van der Waals surface area contributed by atoms with Crippen LogP contribution in [0.1, 0.15) is 12.8 Å². The highest BCUT2D eigenvalue weighted by atomic mass is 16.6. The van der Waals surface area contributed by atoms with Crippen LogP contribution in [0.25, 0.3) is 0 Å². The maximum Gasteiger partial charge on any atom is 0.340 e. The van der Waals surface area contributed by atoms with Crippen LogP contribution in [-0.2, 0) is 19.0 Å². The molecule has 5 N–H and O–H groups in total. The second-order valence-corrected chi connectivity index (χ2v) is 6.88. The molecule has 8 atom stereocenters. The Morgan fingerprint density at radius 1 is 1.19 bits per heavy atom. The van der Waals surface area contributed by atoms with Crippen LogP contribution in [0.4, 0.5) is 0 Å². The van der Waals surface area contributed by atoms with Crippen molar-refractivity contribution in [3.63, 3.8) is 0 Å². The van der Waals surface area contributed by atoms with Crippen LogP contribution >= 0.6 is 0 Å². The summed E-state index contributed by atoms with van der Waals surface area (Å²) < 4.78 is 16.0. The highest BCUT2D eigenvalue weighted by Gasteiger charge is 2.53. The molecule has 2 fully saturated rings. The molecule has 3 aliphatic heterocycles. The Morgan fingerprint density at radius 3 is 2.54 bits per heavy atom. The smallest absolute Gasteiger partial charge is 0.340 e. The number of carbonyl (C=O) groups excluding carboxylic acids is 1. The van der Waals surface area contributed by atoms with Gasteiger partial charge in [-0.2, -0.15) is 0 Å². The van der Waals surface area contributed by atoms with Crippen molar-refractivity contribution in [3.8, 4) is 0 Å². The van der Waals surface area contributed by atoms with E-state index in [0.29, 0.717) is 0 Å². The largest absolute Gasteiger partial charge is 0.497 e. The zero-order chi connectivity index (χ0) is 19.1. The lowest BCUT2D eigenvalue weighted by molar-refractivity contribution is -0.237. The van der Waals surface area contributed by atoms with Crippen LogP contribution < -0.4 is 0 Å². The van der Waals surface area contributed by atoms with Gasteiger partial charge in [-0.25, -0.2) is 4.79 Å². The zero-order valence-electron chi connectivity index (χ0n) is 14.1. The van der Waals surface area contributed by atoms with E-state index in [9.17, 15) is 30.3 Å². The molecule has 9 heteroatoms. The number of esters is 1. The molecule has 3 aliphatic rings. The molecule has 0 amide bonds. The highest BCUT2D eigenvalue weighted by Crippen LogP contribution is 2.42. The summed E-state index contributed by atoms with van der Waals surface area (Å²) in [5.74, 6) is -1.33. The fourth-order valence-corrected chi connectivity index (χ4v) is 3.88. The van der Waals surface area contributed by atoms with Gasteiger partial charge in [0.2, 0.25) is 0 Å². The summed E-state index contributed by atoms with van der Waals surface area (Å²) in [5.41, 5.74) is -1.49. The molecule has 0 radical (unpaired) electrons. The first-order valence-electron chi connectivity index (χ1n) is 8.52. The Labute approximate surface area is 150 Å². The van der Waals surface area contributed by atoms with Crippen molar-refractivity contribution in [2.75, 3.05) is 13.2 Å². The highest BCUT2D eigenvalue weighted by molar-refractivity contribution is 5.91. The Hall–Kier alpha value is -1.49. The van der Waals surface area contributed by atoms with Gasteiger partial charge in [-0.15, -0.1) is 6.58 Å². The quantitative estimate of drug-likeness (QED) is 0.279. The van der Waals surface area contributed by atoms with Gasteiger partial charge in [0.05, 0.1) is 25.6 Å². The molecule has 0 bridgehead atoms. The number of fused-ring (bicyclic) bond motifs is 1. The first-order valence-corrected chi connectivity index (χ1v) is 8.52. The maximum atomic E-state index is 11.9. The Bertz CT molecular complexity index is 589. The maximum absolute atomic E-state index is 11.9. The van der Waals surface area contributed by atoms with Gasteiger partial charge in [0, 0.05) is 18.8 Å². The average molecular weight is 372 g/mol. The van der Waals surface area contributed by atoms with Crippen LogP contribution in [0.15, 0.2) is 24.5 Å². The molecule has 3 rings (SSSR count). The minimum atomic E-state index is -1.51. The molecule has 9 nitrogen and oxygen atoms in total. The summed E-state index contributed by atoms with van der Waals surface area (Å²) in [7, 11) is 0. The lowest BCUT2D eigenvalue weighted by Gasteiger charge is -2.47. The van der Waals surface area contributed by atoms with Crippen molar-refractivity contribution < 1.29 is 44.5 Å². The van der Waals surface area contributed by atoms with Crippen LogP contribution in [0, 0.1) is 5.92 Å². The summed E-state index contributed by atoms with van der Waals surface area (Å²) in [6.07, 6.45) is -4.18. The second kappa shape index (κ2) is 7.26. The molecule has 0 saturated carbocycles. The van der Waals surface area contributed by atoms with Gasteiger partial charge in [0.1, 0.15) is 41.7 Å². The lowest BCUT2D eigenvalue weighted by atomic mass is 9.72. The molecule has 0 aromatic heterocycles. The first kappa shape index (κ1) is 19.3. The molecule has 26 heavy (non-hydrogen) atoms. The number of aliphatic hydroxyl groups is 5. The van der Waals surface area contributed by atoms with Crippen LogP contribution in [0.3, 0.4) is 0 Å². The van der Waals surface area contributed by atoms with E-state index < -0.39 is 60.7 Å². The molecule has 0 spiro atoms. The fraction of sp³-hybridized carbons (Fsp3) is 0.706. The summed E-state index contributed by atoms with van der Waals surface area (Å²) in [6, 6.07) is 0. The average Bonchev–Trinajstić information content (AvgIpc) is 2.61. The third kappa shape index (κ3) is 3.04. The first-order chi connectivity index (χ1) is 12.3. The van der Waals surface area contributed by atoms with Gasteiger partial charge in [-0.3, -0.25) is 0 Å². The third-order valence-corrected chi connectivity index (χ3v) is 5.43. The van der Waals surface area contributed by atoms with Gasteiger partial charge < -0.3 is 39.7 Å². The Balaban J connectivity index is 1.81. The van der Waals surface area contributed by atoms with Crippen molar-refractivity contribution in [2.24, 2.45) is 5.92 Å². The van der Waals surface area contributed by atoms with Gasteiger partial charge >= 0.3 is 5.97 Å². The van der Waals surface area contributed by atoms with Crippen molar-refractivity contribution in [2.45, 2.75) is 55.1 Å². The number of hydrogen-bond acceptors (Lipinski definition) is 9. The lowest BCUT2D eigenvalue weighted by Crippen LogP contribution is -2.60. The van der Waals surface area contributed by atoms with E-state index in [1.54, 1.807) is 0 Å². The molecule has 0 aromatic carbocycles. The fourth-order valence-electron chi connectivity index (χ4n) is 3.88. The molecule has 0 aromatic rings. The second-order valence-electron chi connectivity index (χ2n) is 6.88. The van der Waals surface area contributed by atoms with E-state index in [2.05, 4.69) is 6.58 Å². The summed E-state index contributed by atoms with van der Waals surface area (Å²) >= 11 is 0. The normalized spacial score (nSPS) is 45.8. The summed E-state index contributed by atoms with van der Waals surface area (Å²) in [6.45, 7) is 3.24. The van der Waals surface area contributed by atoms with E-state index in [0.717, 1.165) is 6.26 Å². The molecule has 146 valence electrons. The number of hydrogen-bond donors (Lipinski definition) is 5. The molecule has 3 heterocycles. The minimum Gasteiger partial charge on any atom is -0.497 e. The predicted molar refractivity (Wildman–Crippen MR) is 85.6 cm³/mol. The van der Waals surface area contributed by atoms with Crippen LogP contribution in [-0.4, -0.2) is 86.9 Å². The van der Waals surface area contributed by atoms with Crippen LogP contribution in [0.2, 0.25) is 0 Å². The topological polar surface area (TPSA) is 146 Å². The standard InChI is InChI=1S/C17H24O9/c1-2-8-10(25-7-9-16(22)24-4-3-17(8,9)23)5-11-13(19)15(21)14(20)12(6-18)26-11/h2,7-8,10-15,18-21,23H,1,3-6H2. The molecule has 8 unspecified atom stereocenters. The SMILES string of the molecule is C=CC1C(CC2OC(CO)C(O)C(O)C2O)OC=C2C(=O)OCCC21O. The van der Waals surface area contributed by atoms with Gasteiger partial charge in [0.15, 0.2) is 0 Å². The van der Waals surface area contributed by atoms with Gasteiger partial charge in [-0.05, 0) is 0 Å². The molecule has 2 saturated heterocycles. The van der Waals surface area contributed by atoms with Crippen molar-refractivity contribution in [1.82, 2.24) is 0 Å². The van der Waals surface area contributed by atoms with E-state index in [1.807, 2.05) is 0 Å². The summed E-state index contributed by atoms with van der Waals surface area (Å²) in [4.78, 5) is 11.9. The summed E-state index contributed by atoms with van der Waals surface area (Å²) in [5, 5.41) is 50.3. The predicted octanol–water partition coefficient (Wildman–Crippen LogP) is -2.02.